The number of hydrogen-bond donors (Lipinski definition) is 2. The Bertz CT molecular complexity index is 666. The number of hydrogen-bond acceptors (Lipinski definition) is 3. The standard InChI is InChI=1S/C15H19F3N4O/c1-2-7-19-8-9-20-13(23)10-22-12-6-4-3-5-11(12)21-14(22)15(16,17)18/h3-6,19H,2,7-10H2,1H3,(H,20,23). The SMILES string of the molecule is CCCNCCNC(=O)Cn1c(C(F)(F)F)nc2ccccc21. The molecule has 23 heavy (non-hydrogen) atoms. The first-order chi connectivity index (χ1) is 10.9. The van der Waals surface area contributed by atoms with Crippen molar-refractivity contribution in [1.82, 2.24) is 20.2 Å². The van der Waals surface area contributed by atoms with Crippen molar-refractivity contribution in [3.05, 3.63) is 30.1 Å². The number of carbonyl (C=O) groups is 1. The Morgan fingerprint density at radius 2 is 1.96 bits per heavy atom. The normalized spacial score (nSPS) is 11.8. The molecule has 0 aliphatic rings. The minimum atomic E-state index is -4.61. The average Bonchev–Trinajstić information content (AvgIpc) is 2.86. The van der Waals surface area contributed by atoms with Crippen LogP contribution in [0.15, 0.2) is 24.3 Å². The second-order valence-electron chi connectivity index (χ2n) is 5.11. The second-order valence-corrected chi connectivity index (χ2v) is 5.11. The van der Waals surface area contributed by atoms with Crippen LogP contribution < -0.4 is 10.6 Å². The number of carbonyl (C=O) groups excluding carboxylic acids is 1. The third-order valence-corrected chi connectivity index (χ3v) is 3.26. The number of nitrogens with zero attached hydrogens (tertiary/aromatic N) is 2. The van der Waals surface area contributed by atoms with Gasteiger partial charge in [-0.3, -0.25) is 4.79 Å². The van der Waals surface area contributed by atoms with E-state index in [2.05, 4.69) is 15.6 Å². The highest BCUT2D eigenvalue weighted by Crippen LogP contribution is 2.31. The van der Waals surface area contributed by atoms with Crippen LogP contribution in [0, 0.1) is 0 Å². The number of fused-ring (bicyclic) bond motifs is 1. The first-order valence-corrected chi connectivity index (χ1v) is 7.43. The van der Waals surface area contributed by atoms with Crippen molar-refractivity contribution in [2.24, 2.45) is 0 Å². The van der Waals surface area contributed by atoms with Crippen molar-refractivity contribution < 1.29 is 18.0 Å². The molecule has 1 amide bonds. The summed E-state index contributed by atoms with van der Waals surface area (Å²) in [5.41, 5.74) is 0.510. The van der Waals surface area contributed by atoms with Gasteiger partial charge in [-0.05, 0) is 25.1 Å². The Morgan fingerprint density at radius 3 is 2.65 bits per heavy atom. The molecular formula is C15H19F3N4O. The number of imidazole rings is 1. The Kier molecular flexibility index (Phi) is 5.59. The highest BCUT2D eigenvalue weighted by molar-refractivity contribution is 5.81. The lowest BCUT2D eigenvalue weighted by atomic mass is 10.3. The fourth-order valence-electron chi connectivity index (χ4n) is 2.24. The van der Waals surface area contributed by atoms with Crippen molar-refractivity contribution in [2.45, 2.75) is 26.1 Å². The molecule has 0 bridgehead atoms. The molecule has 0 atom stereocenters. The Labute approximate surface area is 131 Å². The third-order valence-electron chi connectivity index (χ3n) is 3.26. The zero-order valence-electron chi connectivity index (χ0n) is 12.8. The summed E-state index contributed by atoms with van der Waals surface area (Å²) < 4.78 is 40.2. The van der Waals surface area contributed by atoms with E-state index in [4.69, 9.17) is 0 Å². The summed E-state index contributed by atoms with van der Waals surface area (Å²) in [6, 6.07) is 6.24. The van der Waals surface area contributed by atoms with Crippen molar-refractivity contribution in [2.75, 3.05) is 19.6 Å². The lowest BCUT2D eigenvalue weighted by Gasteiger charge is -2.12. The summed E-state index contributed by atoms with van der Waals surface area (Å²) in [5, 5.41) is 5.71. The molecule has 0 fully saturated rings. The first kappa shape index (κ1) is 17.3. The number of halogens is 3. The quantitative estimate of drug-likeness (QED) is 0.766. The van der Waals surface area contributed by atoms with E-state index >= 15 is 0 Å². The van der Waals surface area contributed by atoms with Gasteiger partial charge in [0.15, 0.2) is 0 Å². The van der Waals surface area contributed by atoms with E-state index in [0.717, 1.165) is 17.5 Å². The highest BCUT2D eigenvalue weighted by Gasteiger charge is 2.37. The Morgan fingerprint density at radius 1 is 1.22 bits per heavy atom. The van der Waals surface area contributed by atoms with Gasteiger partial charge >= 0.3 is 6.18 Å². The predicted molar refractivity (Wildman–Crippen MR) is 80.9 cm³/mol. The fraction of sp³-hybridized carbons (Fsp3) is 0.467. The molecular weight excluding hydrogens is 309 g/mol. The van der Waals surface area contributed by atoms with Crippen molar-refractivity contribution >= 4 is 16.9 Å². The molecule has 0 aliphatic carbocycles. The predicted octanol–water partition coefficient (Wildman–Crippen LogP) is 2.17. The van der Waals surface area contributed by atoms with Crippen LogP contribution in [0.1, 0.15) is 19.2 Å². The van der Waals surface area contributed by atoms with Gasteiger partial charge in [0, 0.05) is 13.1 Å². The Hall–Kier alpha value is -2.09. The van der Waals surface area contributed by atoms with Gasteiger partial charge in [0.1, 0.15) is 6.54 Å². The average molecular weight is 328 g/mol. The zero-order valence-corrected chi connectivity index (χ0v) is 12.8. The molecule has 8 heteroatoms. The van der Waals surface area contributed by atoms with Crippen LogP contribution in [0.4, 0.5) is 13.2 Å². The largest absolute Gasteiger partial charge is 0.449 e. The number of alkyl halides is 3. The summed E-state index contributed by atoms with van der Waals surface area (Å²) in [5.74, 6) is -1.53. The van der Waals surface area contributed by atoms with Crippen molar-refractivity contribution in [3.8, 4) is 0 Å². The summed E-state index contributed by atoms with van der Waals surface area (Å²) in [6.45, 7) is 3.39. The molecule has 0 saturated carbocycles. The van der Waals surface area contributed by atoms with Crippen molar-refractivity contribution in [1.29, 1.82) is 0 Å². The van der Waals surface area contributed by atoms with Crippen LogP contribution in [0.5, 0.6) is 0 Å². The molecule has 0 aliphatic heterocycles. The van der Waals surface area contributed by atoms with Crippen LogP contribution in [-0.4, -0.2) is 35.1 Å². The van der Waals surface area contributed by atoms with Gasteiger partial charge in [0.05, 0.1) is 11.0 Å². The van der Waals surface area contributed by atoms with E-state index in [1.54, 1.807) is 12.1 Å². The molecule has 2 rings (SSSR count). The smallest absolute Gasteiger partial charge is 0.353 e. The van der Waals surface area contributed by atoms with Crippen LogP contribution in [0.2, 0.25) is 0 Å². The number of para-hydroxylation sites is 2. The monoisotopic (exact) mass is 328 g/mol. The summed E-state index contributed by atoms with van der Waals surface area (Å²) in [4.78, 5) is 15.5. The topological polar surface area (TPSA) is 58.9 Å². The molecule has 2 aromatic rings. The number of nitrogens with one attached hydrogen (secondary N) is 2. The molecule has 0 saturated heterocycles. The van der Waals surface area contributed by atoms with E-state index in [9.17, 15) is 18.0 Å². The summed E-state index contributed by atoms with van der Waals surface area (Å²) in [6.07, 6.45) is -3.63. The van der Waals surface area contributed by atoms with Gasteiger partial charge in [0.2, 0.25) is 11.7 Å². The van der Waals surface area contributed by atoms with E-state index < -0.39 is 24.5 Å². The first-order valence-electron chi connectivity index (χ1n) is 7.43. The molecule has 0 unspecified atom stereocenters. The zero-order chi connectivity index (χ0) is 16.9. The molecule has 1 heterocycles. The van der Waals surface area contributed by atoms with Gasteiger partial charge < -0.3 is 15.2 Å². The van der Waals surface area contributed by atoms with Crippen LogP contribution in [0.25, 0.3) is 11.0 Å². The van der Waals surface area contributed by atoms with E-state index in [-0.39, 0.29) is 5.52 Å². The third kappa shape index (κ3) is 4.44. The maximum absolute atomic E-state index is 13.1. The molecule has 1 aromatic heterocycles. The molecule has 1 aromatic carbocycles. The molecule has 126 valence electrons. The maximum atomic E-state index is 13.1. The van der Waals surface area contributed by atoms with Crippen molar-refractivity contribution in [3.63, 3.8) is 0 Å². The van der Waals surface area contributed by atoms with Crippen LogP contribution in [0.3, 0.4) is 0 Å². The molecule has 0 radical (unpaired) electrons. The lowest BCUT2D eigenvalue weighted by molar-refractivity contribution is -0.147. The van der Waals surface area contributed by atoms with Gasteiger partial charge in [0.25, 0.3) is 0 Å². The van der Waals surface area contributed by atoms with E-state index in [1.807, 2.05) is 6.92 Å². The minimum absolute atomic E-state index is 0.220. The van der Waals surface area contributed by atoms with E-state index in [1.165, 1.54) is 12.1 Å². The number of aromatic nitrogens is 2. The van der Waals surface area contributed by atoms with E-state index in [0.29, 0.717) is 18.6 Å². The Balaban J connectivity index is 2.10. The number of rotatable bonds is 7. The van der Waals surface area contributed by atoms with Crippen LogP contribution >= 0.6 is 0 Å². The summed E-state index contributed by atoms with van der Waals surface area (Å²) >= 11 is 0. The number of benzene rings is 1. The number of amides is 1. The minimum Gasteiger partial charge on any atom is -0.353 e. The second kappa shape index (κ2) is 7.45. The fourth-order valence-corrected chi connectivity index (χ4v) is 2.24. The summed E-state index contributed by atoms with van der Waals surface area (Å²) in [7, 11) is 0. The van der Waals surface area contributed by atoms with Gasteiger partial charge in [-0.15, -0.1) is 0 Å². The molecule has 2 N–H and O–H groups in total. The van der Waals surface area contributed by atoms with Gasteiger partial charge in [-0.25, -0.2) is 4.98 Å². The molecule has 0 spiro atoms. The molecule has 5 nitrogen and oxygen atoms in total. The lowest BCUT2D eigenvalue weighted by Crippen LogP contribution is -2.34. The van der Waals surface area contributed by atoms with Crippen LogP contribution in [-0.2, 0) is 17.5 Å². The maximum Gasteiger partial charge on any atom is 0.449 e. The highest BCUT2D eigenvalue weighted by atomic mass is 19.4. The van der Waals surface area contributed by atoms with Gasteiger partial charge in [-0.1, -0.05) is 19.1 Å². The van der Waals surface area contributed by atoms with Gasteiger partial charge in [-0.2, -0.15) is 13.2 Å².